The lowest BCUT2D eigenvalue weighted by Gasteiger charge is -2.17. The average molecular weight is 157 g/mol. The van der Waals surface area contributed by atoms with Crippen molar-refractivity contribution in [3.63, 3.8) is 0 Å². The average Bonchev–Trinajstić information content (AvgIpc) is 2.30. The number of aliphatic hydroxyl groups excluding tert-OH is 1. The highest BCUT2D eigenvalue weighted by Gasteiger charge is 2.35. The minimum atomic E-state index is -0.171. The minimum Gasteiger partial charge on any atom is -0.396 e. The zero-order chi connectivity index (χ0) is 8.43. The molecule has 1 heterocycles. The second-order valence-corrected chi connectivity index (χ2v) is 3.44. The van der Waals surface area contributed by atoms with Gasteiger partial charge in [0.2, 0.25) is 5.91 Å². The molecule has 0 bridgehead atoms. The van der Waals surface area contributed by atoms with E-state index in [0.717, 1.165) is 6.54 Å². The van der Waals surface area contributed by atoms with Crippen LogP contribution in [-0.2, 0) is 4.79 Å². The maximum absolute atomic E-state index is 11.0. The predicted molar refractivity (Wildman–Crippen MR) is 41.9 cm³/mol. The van der Waals surface area contributed by atoms with E-state index in [0.29, 0.717) is 11.8 Å². The molecular weight excluding hydrogens is 142 g/mol. The highest BCUT2D eigenvalue weighted by atomic mass is 16.3. The molecule has 0 aromatic rings. The van der Waals surface area contributed by atoms with Gasteiger partial charge in [0, 0.05) is 6.54 Å². The fourth-order valence-corrected chi connectivity index (χ4v) is 1.60. The van der Waals surface area contributed by atoms with Crippen LogP contribution in [0.2, 0.25) is 0 Å². The van der Waals surface area contributed by atoms with E-state index >= 15 is 0 Å². The molecule has 64 valence electrons. The van der Waals surface area contributed by atoms with Crippen LogP contribution in [0.1, 0.15) is 13.8 Å². The number of carbonyl (C=O) groups excluding carboxylic acids is 1. The number of aliphatic hydroxyl groups is 1. The Morgan fingerprint density at radius 2 is 2.36 bits per heavy atom. The van der Waals surface area contributed by atoms with Crippen LogP contribution in [-0.4, -0.2) is 24.2 Å². The molecule has 0 aromatic heterocycles. The number of rotatable bonds is 2. The number of hydrogen-bond donors (Lipinski definition) is 2. The van der Waals surface area contributed by atoms with Crippen LogP contribution in [0.4, 0.5) is 0 Å². The lowest BCUT2D eigenvalue weighted by atomic mass is 9.86. The van der Waals surface area contributed by atoms with Gasteiger partial charge in [-0.3, -0.25) is 4.79 Å². The topological polar surface area (TPSA) is 49.3 Å². The second kappa shape index (κ2) is 3.22. The van der Waals surface area contributed by atoms with E-state index < -0.39 is 0 Å². The smallest absolute Gasteiger partial charge is 0.225 e. The van der Waals surface area contributed by atoms with Crippen LogP contribution in [0, 0.1) is 17.8 Å². The zero-order valence-electron chi connectivity index (χ0n) is 7.00. The molecule has 0 spiro atoms. The van der Waals surface area contributed by atoms with E-state index in [2.05, 4.69) is 19.2 Å². The van der Waals surface area contributed by atoms with Crippen molar-refractivity contribution in [2.24, 2.45) is 17.8 Å². The fourth-order valence-electron chi connectivity index (χ4n) is 1.60. The Labute approximate surface area is 66.8 Å². The van der Waals surface area contributed by atoms with Crippen molar-refractivity contribution in [1.29, 1.82) is 0 Å². The maximum atomic E-state index is 11.0. The van der Waals surface area contributed by atoms with Crippen LogP contribution < -0.4 is 5.32 Å². The van der Waals surface area contributed by atoms with Crippen LogP contribution in [0.5, 0.6) is 0 Å². The number of carbonyl (C=O) groups is 1. The fraction of sp³-hybridized carbons (Fsp3) is 0.875. The van der Waals surface area contributed by atoms with Gasteiger partial charge in [0.1, 0.15) is 0 Å². The van der Waals surface area contributed by atoms with E-state index in [1.807, 2.05) is 0 Å². The Morgan fingerprint density at radius 1 is 1.73 bits per heavy atom. The Balaban J connectivity index is 2.61. The molecule has 0 saturated carbocycles. The van der Waals surface area contributed by atoms with Crippen molar-refractivity contribution in [3.05, 3.63) is 0 Å². The summed E-state index contributed by atoms with van der Waals surface area (Å²) in [4.78, 5) is 11.0. The van der Waals surface area contributed by atoms with Crippen molar-refractivity contribution in [2.75, 3.05) is 13.2 Å². The van der Waals surface area contributed by atoms with Crippen LogP contribution >= 0.6 is 0 Å². The molecule has 2 N–H and O–H groups in total. The molecular formula is C8H15NO2. The number of amides is 1. The summed E-state index contributed by atoms with van der Waals surface area (Å²) < 4.78 is 0. The van der Waals surface area contributed by atoms with Gasteiger partial charge in [0.15, 0.2) is 0 Å². The van der Waals surface area contributed by atoms with E-state index in [1.54, 1.807) is 0 Å². The first-order valence-corrected chi connectivity index (χ1v) is 4.05. The first-order valence-electron chi connectivity index (χ1n) is 4.05. The molecule has 11 heavy (non-hydrogen) atoms. The third-order valence-corrected chi connectivity index (χ3v) is 2.42. The molecule has 2 unspecified atom stereocenters. The first kappa shape index (κ1) is 8.53. The third kappa shape index (κ3) is 1.53. The first-order chi connectivity index (χ1) is 5.16. The van der Waals surface area contributed by atoms with Gasteiger partial charge in [0.25, 0.3) is 0 Å². The highest BCUT2D eigenvalue weighted by Crippen LogP contribution is 2.24. The van der Waals surface area contributed by atoms with Gasteiger partial charge in [-0.05, 0) is 11.8 Å². The van der Waals surface area contributed by atoms with Gasteiger partial charge >= 0.3 is 0 Å². The molecule has 1 aliphatic heterocycles. The molecule has 2 atom stereocenters. The van der Waals surface area contributed by atoms with E-state index in [1.165, 1.54) is 0 Å². The largest absolute Gasteiger partial charge is 0.396 e. The normalized spacial score (nSPS) is 31.1. The highest BCUT2D eigenvalue weighted by molar-refractivity contribution is 5.81. The molecule has 3 heteroatoms. The second-order valence-electron chi connectivity index (χ2n) is 3.44. The quantitative estimate of drug-likeness (QED) is 0.592. The molecule has 0 aromatic carbocycles. The molecule has 1 fully saturated rings. The van der Waals surface area contributed by atoms with Gasteiger partial charge < -0.3 is 10.4 Å². The Hall–Kier alpha value is -0.570. The predicted octanol–water partition coefficient (Wildman–Crippen LogP) is -0.00310. The van der Waals surface area contributed by atoms with Crippen molar-refractivity contribution in [3.8, 4) is 0 Å². The van der Waals surface area contributed by atoms with Gasteiger partial charge in [-0.1, -0.05) is 13.8 Å². The van der Waals surface area contributed by atoms with Gasteiger partial charge in [-0.25, -0.2) is 0 Å². The Morgan fingerprint density at radius 3 is 2.73 bits per heavy atom. The summed E-state index contributed by atoms with van der Waals surface area (Å²) in [6, 6.07) is 0. The van der Waals surface area contributed by atoms with Crippen molar-refractivity contribution < 1.29 is 9.90 Å². The summed E-state index contributed by atoms with van der Waals surface area (Å²) in [5.41, 5.74) is 0. The summed E-state index contributed by atoms with van der Waals surface area (Å²) >= 11 is 0. The maximum Gasteiger partial charge on any atom is 0.225 e. The van der Waals surface area contributed by atoms with Gasteiger partial charge in [-0.15, -0.1) is 0 Å². The van der Waals surface area contributed by atoms with E-state index in [9.17, 15) is 4.79 Å². The van der Waals surface area contributed by atoms with Crippen molar-refractivity contribution in [2.45, 2.75) is 13.8 Å². The Bertz CT molecular complexity index is 156. The van der Waals surface area contributed by atoms with Gasteiger partial charge in [0.05, 0.1) is 12.5 Å². The summed E-state index contributed by atoms with van der Waals surface area (Å²) in [7, 11) is 0. The lowest BCUT2D eigenvalue weighted by Crippen LogP contribution is -2.24. The summed E-state index contributed by atoms with van der Waals surface area (Å²) in [6.45, 7) is 4.86. The number of hydrogen-bond acceptors (Lipinski definition) is 2. The molecule has 0 aliphatic carbocycles. The molecule has 0 radical (unpaired) electrons. The zero-order valence-corrected chi connectivity index (χ0v) is 7.00. The summed E-state index contributed by atoms with van der Waals surface area (Å²) in [5, 5.41) is 11.6. The lowest BCUT2D eigenvalue weighted by molar-refractivity contribution is -0.124. The molecule has 1 aliphatic rings. The molecule has 1 saturated heterocycles. The minimum absolute atomic E-state index is 0.00574. The van der Waals surface area contributed by atoms with Crippen LogP contribution in [0.25, 0.3) is 0 Å². The Kier molecular flexibility index (Phi) is 2.49. The monoisotopic (exact) mass is 157 g/mol. The number of nitrogens with one attached hydrogen (secondary N) is 1. The summed E-state index contributed by atoms with van der Waals surface area (Å²) in [6.07, 6.45) is 0. The summed E-state index contributed by atoms with van der Waals surface area (Å²) in [5.74, 6) is 0.611. The standard InChI is InChI=1S/C8H15NO2/c1-5(2)6-3-9-8(11)7(6)4-10/h5-7,10H,3-4H2,1-2H3,(H,9,11). The molecule has 3 nitrogen and oxygen atoms in total. The SMILES string of the molecule is CC(C)C1CNC(=O)C1CO. The van der Waals surface area contributed by atoms with E-state index in [-0.39, 0.29) is 18.4 Å². The van der Waals surface area contributed by atoms with Crippen LogP contribution in [0.15, 0.2) is 0 Å². The van der Waals surface area contributed by atoms with E-state index in [4.69, 9.17) is 5.11 Å². The van der Waals surface area contributed by atoms with Crippen LogP contribution in [0.3, 0.4) is 0 Å². The molecule has 1 rings (SSSR count). The molecule has 1 amide bonds. The van der Waals surface area contributed by atoms with Gasteiger partial charge in [-0.2, -0.15) is 0 Å². The van der Waals surface area contributed by atoms with Crippen molar-refractivity contribution >= 4 is 5.91 Å². The third-order valence-electron chi connectivity index (χ3n) is 2.42. The van der Waals surface area contributed by atoms with Crippen molar-refractivity contribution in [1.82, 2.24) is 5.32 Å².